The van der Waals surface area contributed by atoms with Crippen LogP contribution < -0.4 is 10.9 Å². The van der Waals surface area contributed by atoms with Crippen LogP contribution in [0.3, 0.4) is 0 Å². The fourth-order valence-corrected chi connectivity index (χ4v) is 4.48. The van der Waals surface area contributed by atoms with E-state index >= 15 is 0 Å². The summed E-state index contributed by atoms with van der Waals surface area (Å²) in [4.78, 5) is 26.8. The van der Waals surface area contributed by atoms with E-state index in [9.17, 15) is 19.8 Å². The van der Waals surface area contributed by atoms with Crippen molar-refractivity contribution in [2.24, 2.45) is 0 Å². The lowest BCUT2D eigenvalue weighted by molar-refractivity contribution is 0.449. The highest BCUT2D eigenvalue weighted by atomic mass is 16.4. The number of rotatable bonds is 3. The predicted octanol–water partition coefficient (Wildman–Crippen LogP) is 6.31. The third kappa shape index (κ3) is 3.27. The molecule has 174 valence electrons. The molecule has 36 heavy (non-hydrogen) atoms. The van der Waals surface area contributed by atoms with E-state index < -0.39 is 22.4 Å². The van der Waals surface area contributed by atoms with Crippen molar-refractivity contribution in [1.82, 2.24) is 0 Å². The SMILES string of the molecule is O=c1c(O)c(-c2ccccc2)oc2cccc(-c3cccc4oc(-c5ccccc5)c(O)c(=O)c34)c12. The summed E-state index contributed by atoms with van der Waals surface area (Å²) in [6, 6.07) is 27.7. The van der Waals surface area contributed by atoms with Gasteiger partial charge in [-0.3, -0.25) is 9.59 Å². The fourth-order valence-electron chi connectivity index (χ4n) is 4.48. The van der Waals surface area contributed by atoms with Gasteiger partial charge in [-0.1, -0.05) is 84.9 Å². The third-order valence-corrected chi connectivity index (χ3v) is 6.15. The Labute approximate surface area is 203 Å². The van der Waals surface area contributed by atoms with E-state index in [1.165, 1.54) is 0 Å². The molecule has 6 heteroatoms. The lowest BCUT2D eigenvalue weighted by Gasteiger charge is -2.12. The Balaban J connectivity index is 1.64. The van der Waals surface area contributed by atoms with Crippen molar-refractivity contribution in [1.29, 1.82) is 0 Å². The van der Waals surface area contributed by atoms with Crippen LogP contribution in [0.2, 0.25) is 0 Å². The zero-order valence-electron chi connectivity index (χ0n) is 18.8. The van der Waals surface area contributed by atoms with Crippen LogP contribution in [0, 0.1) is 0 Å². The van der Waals surface area contributed by atoms with Crippen molar-refractivity contribution < 1.29 is 19.0 Å². The minimum Gasteiger partial charge on any atom is -0.502 e. The second kappa shape index (κ2) is 8.29. The molecule has 2 N–H and O–H groups in total. The molecule has 0 saturated carbocycles. The van der Waals surface area contributed by atoms with Gasteiger partial charge in [0.2, 0.25) is 22.4 Å². The summed E-state index contributed by atoms with van der Waals surface area (Å²) in [5.41, 5.74) is 1.12. The maximum atomic E-state index is 13.4. The van der Waals surface area contributed by atoms with Crippen LogP contribution in [0.15, 0.2) is 115 Å². The Morgan fingerprint density at radius 2 is 0.861 bits per heavy atom. The van der Waals surface area contributed by atoms with Gasteiger partial charge in [-0.05, 0) is 23.3 Å². The summed E-state index contributed by atoms with van der Waals surface area (Å²) in [6.07, 6.45) is 0. The van der Waals surface area contributed by atoms with Crippen LogP contribution in [-0.4, -0.2) is 10.2 Å². The molecule has 0 unspecified atom stereocenters. The number of aromatic hydroxyl groups is 2. The van der Waals surface area contributed by atoms with E-state index in [1.807, 2.05) is 12.1 Å². The van der Waals surface area contributed by atoms with Crippen LogP contribution in [0.4, 0.5) is 0 Å². The molecule has 4 aromatic carbocycles. The topological polar surface area (TPSA) is 101 Å². The molecule has 0 aliphatic rings. The minimum atomic E-state index is -0.628. The zero-order valence-corrected chi connectivity index (χ0v) is 18.8. The third-order valence-electron chi connectivity index (χ3n) is 6.15. The maximum absolute atomic E-state index is 13.4. The van der Waals surface area contributed by atoms with Gasteiger partial charge in [0.05, 0.1) is 10.8 Å². The van der Waals surface area contributed by atoms with Gasteiger partial charge in [-0.25, -0.2) is 0 Å². The molecule has 2 aromatic heterocycles. The van der Waals surface area contributed by atoms with Crippen LogP contribution in [-0.2, 0) is 0 Å². The summed E-state index contributed by atoms with van der Waals surface area (Å²) < 4.78 is 11.9. The Kier molecular flexibility index (Phi) is 4.93. The largest absolute Gasteiger partial charge is 0.502 e. The first-order valence-corrected chi connectivity index (χ1v) is 11.2. The van der Waals surface area contributed by atoms with Crippen molar-refractivity contribution in [3.63, 3.8) is 0 Å². The van der Waals surface area contributed by atoms with Crippen LogP contribution >= 0.6 is 0 Å². The monoisotopic (exact) mass is 474 g/mol. The lowest BCUT2D eigenvalue weighted by Crippen LogP contribution is -2.07. The highest BCUT2D eigenvalue weighted by Gasteiger charge is 2.22. The molecule has 0 amide bonds. The van der Waals surface area contributed by atoms with Gasteiger partial charge in [-0.2, -0.15) is 0 Å². The highest BCUT2D eigenvalue weighted by Crippen LogP contribution is 2.38. The summed E-state index contributed by atoms with van der Waals surface area (Å²) >= 11 is 0. The summed E-state index contributed by atoms with van der Waals surface area (Å²) in [5.74, 6) is -0.925. The Morgan fingerprint density at radius 1 is 0.472 bits per heavy atom. The fraction of sp³-hybridized carbons (Fsp3) is 0. The number of hydrogen-bond acceptors (Lipinski definition) is 6. The molecule has 2 heterocycles. The van der Waals surface area contributed by atoms with E-state index in [0.29, 0.717) is 22.3 Å². The zero-order chi connectivity index (χ0) is 24.8. The van der Waals surface area contributed by atoms with E-state index in [2.05, 4.69) is 0 Å². The predicted molar refractivity (Wildman–Crippen MR) is 138 cm³/mol. The van der Waals surface area contributed by atoms with Gasteiger partial charge >= 0.3 is 0 Å². The summed E-state index contributed by atoms with van der Waals surface area (Å²) in [5, 5.41) is 21.8. The first-order valence-electron chi connectivity index (χ1n) is 11.2. The van der Waals surface area contributed by atoms with Gasteiger partial charge in [0, 0.05) is 11.1 Å². The lowest BCUT2D eigenvalue weighted by atomic mass is 9.96. The molecule has 6 nitrogen and oxygen atoms in total. The molecule has 0 saturated heterocycles. The second-order valence-corrected chi connectivity index (χ2v) is 8.31. The molecule has 6 rings (SSSR count). The second-order valence-electron chi connectivity index (χ2n) is 8.31. The quantitative estimate of drug-likeness (QED) is 0.312. The number of fused-ring (bicyclic) bond motifs is 2. The van der Waals surface area contributed by atoms with Crippen LogP contribution in [0.5, 0.6) is 11.5 Å². The Morgan fingerprint density at radius 3 is 1.25 bits per heavy atom. The molecular formula is C30H18O6. The van der Waals surface area contributed by atoms with Gasteiger partial charge < -0.3 is 19.0 Å². The van der Waals surface area contributed by atoms with E-state index in [4.69, 9.17) is 8.83 Å². The van der Waals surface area contributed by atoms with Gasteiger partial charge in [-0.15, -0.1) is 0 Å². The summed E-state index contributed by atoms with van der Waals surface area (Å²) in [6.45, 7) is 0. The molecular weight excluding hydrogens is 456 g/mol. The molecule has 0 spiro atoms. The Hall–Kier alpha value is -5.10. The molecule has 6 aromatic rings. The number of hydrogen-bond donors (Lipinski definition) is 2. The smallest absolute Gasteiger partial charge is 0.235 e. The van der Waals surface area contributed by atoms with Gasteiger partial charge in [0.1, 0.15) is 11.2 Å². The maximum Gasteiger partial charge on any atom is 0.235 e. The van der Waals surface area contributed by atoms with E-state index in [0.717, 1.165) is 0 Å². The molecule has 0 aliphatic heterocycles. The van der Waals surface area contributed by atoms with Crippen molar-refractivity contribution >= 4 is 21.9 Å². The molecule has 0 atom stereocenters. The van der Waals surface area contributed by atoms with Crippen molar-refractivity contribution in [3.8, 4) is 45.3 Å². The average Bonchev–Trinajstić information content (AvgIpc) is 2.93. The molecule has 0 radical (unpaired) electrons. The van der Waals surface area contributed by atoms with E-state index in [1.54, 1.807) is 84.9 Å². The van der Waals surface area contributed by atoms with Crippen LogP contribution in [0.25, 0.3) is 55.7 Å². The minimum absolute atomic E-state index is 0.0628. The Bertz CT molecular complexity index is 1740. The molecule has 0 bridgehead atoms. The summed E-state index contributed by atoms with van der Waals surface area (Å²) in [7, 11) is 0. The van der Waals surface area contributed by atoms with Crippen molar-refractivity contribution in [2.45, 2.75) is 0 Å². The average molecular weight is 474 g/mol. The van der Waals surface area contributed by atoms with Gasteiger partial charge in [0.15, 0.2) is 11.5 Å². The van der Waals surface area contributed by atoms with Crippen molar-refractivity contribution in [3.05, 3.63) is 118 Å². The van der Waals surface area contributed by atoms with Crippen molar-refractivity contribution in [2.75, 3.05) is 0 Å². The number of benzene rings is 4. The molecule has 0 aliphatic carbocycles. The standard InChI is InChI=1S/C30H18O6/c31-25-23-19(13-7-15-21(23)35-29(27(25)33)17-9-3-1-4-10-17)20-14-8-16-22-24(20)26(32)28(34)30(36-22)18-11-5-2-6-12-18/h1-16,33-34H. The molecule has 0 fully saturated rings. The first kappa shape index (κ1) is 21.4. The van der Waals surface area contributed by atoms with Gasteiger partial charge in [0.25, 0.3) is 0 Å². The highest BCUT2D eigenvalue weighted by molar-refractivity contribution is 6.04. The normalized spacial score (nSPS) is 11.2. The van der Waals surface area contributed by atoms with E-state index in [-0.39, 0.29) is 33.5 Å². The first-order chi connectivity index (χ1) is 17.5. The van der Waals surface area contributed by atoms with Crippen LogP contribution in [0.1, 0.15) is 0 Å².